The average Bonchev–Trinajstić information content (AvgIpc) is 2.68. The summed E-state index contributed by atoms with van der Waals surface area (Å²) in [5, 5.41) is 0. The second-order valence-electron chi connectivity index (χ2n) is 6.63. The molecule has 2 heterocycles. The van der Waals surface area contributed by atoms with Gasteiger partial charge in [-0.2, -0.15) is 0 Å². The van der Waals surface area contributed by atoms with Crippen LogP contribution in [0.2, 0.25) is 0 Å². The molecule has 2 aliphatic heterocycles. The van der Waals surface area contributed by atoms with Gasteiger partial charge in [0, 0.05) is 36.0 Å². The second-order valence-corrected chi connectivity index (χ2v) is 7.48. The van der Waals surface area contributed by atoms with Crippen molar-refractivity contribution in [3.8, 4) is 0 Å². The number of benzene rings is 1. The number of hydrogen-bond donors (Lipinski definition) is 0. The van der Waals surface area contributed by atoms with Crippen molar-refractivity contribution in [3.05, 3.63) is 29.8 Å². The van der Waals surface area contributed by atoms with Crippen LogP contribution in [0.25, 0.3) is 0 Å². The van der Waals surface area contributed by atoms with Crippen LogP contribution in [-0.2, 0) is 9.53 Å². The van der Waals surface area contributed by atoms with Crippen molar-refractivity contribution in [1.82, 2.24) is 9.80 Å². The standard InChI is InChI=1S/C19H26N2O3S/c1-25-17-7-3-2-6-16(17)19(23)15-5-4-8-20(13-15)14-18(22)21-9-11-24-12-10-21/h2-3,6-7,15H,4-5,8-14H2,1H3/t15-/m0/s1. The van der Waals surface area contributed by atoms with Gasteiger partial charge in [-0.25, -0.2) is 0 Å². The highest BCUT2D eigenvalue weighted by atomic mass is 32.2. The maximum absolute atomic E-state index is 13.0. The topological polar surface area (TPSA) is 49.9 Å². The minimum atomic E-state index is -0.0143. The predicted octanol–water partition coefficient (Wildman–Crippen LogP) is 2.16. The smallest absolute Gasteiger partial charge is 0.236 e. The zero-order valence-electron chi connectivity index (χ0n) is 14.8. The van der Waals surface area contributed by atoms with Gasteiger partial charge in [0.15, 0.2) is 5.78 Å². The summed E-state index contributed by atoms with van der Waals surface area (Å²) in [5.74, 6) is 0.355. The first kappa shape index (κ1) is 18.4. The molecule has 0 unspecified atom stereocenters. The summed E-state index contributed by atoms with van der Waals surface area (Å²) in [4.78, 5) is 30.5. The molecular weight excluding hydrogens is 336 g/mol. The molecule has 0 aromatic heterocycles. The molecule has 0 bridgehead atoms. The second kappa shape index (κ2) is 8.83. The SMILES string of the molecule is CSc1ccccc1C(=O)[C@H]1CCCN(CC(=O)N2CCOCC2)C1. The Morgan fingerprint density at radius 3 is 2.72 bits per heavy atom. The van der Waals surface area contributed by atoms with E-state index in [1.807, 2.05) is 35.4 Å². The summed E-state index contributed by atoms with van der Waals surface area (Å²) in [6, 6.07) is 7.82. The Morgan fingerprint density at radius 2 is 1.96 bits per heavy atom. The van der Waals surface area contributed by atoms with E-state index in [2.05, 4.69) is 4.90 Å². The molecule has 25 heavy (non-hydrogen) atoms. The van der Waals surface area contributed by atoms with E-state index in [1.165, 1.54) is 0 Å². The molecule has 136 valence electrons. The third kappa shape index (κ3) is 4.63. The molecule has 2 fully saturated rings. The molecule has 2 saturated heterocycles. The lowest BCUT2D eigenvalue weighted by Gasteiger charge is -2.34. The number of amides is 1. The number of rotatable bonds is 5. The van der Waals surface area contributed by atoms with E-state index in [0.29, 0.717) is 39.4 Å². The van der Waals surface area contributed by atoms with E-state index in [4.69, 9.17) is 4.74 Å². The van der Waals surface area contributed by atoms with Gasteiger partial charge in [-0.05, 0) is 31.7 Å². The molecule has 0 radical (unpaired) electrons. The number of carbonyl (C=O) groups excluding carboxylic acids is 2. The average molecular weight is 362 g/mol. The third-order valence-corrected chi connectivity index (χ3v) is 5.77. The Morgan fingerprint density at radius 1 is 1.20 bits per heavy atom. The number of hydrogen-bond acceptors (Lipinski definition) is 5. The Hall–Kier alpha value is -1.37. The molecule has 1 amide bonds. The van der Waals surface area contributed by atoms with Crippen LogP contribution in [0, 0.1) is 5.92 Å². The van der Waals surface area contributed by atoms with E-state index in [9.17, 15) is 9.59 Å². The minimum Gasteiger partial charge on any atom is -0.378 e. The molecule has 0 N–H and O–H groups in total. The maximum atomic E-state index is 13.0. The molecule has 0 saturated carbocycles. The third-order valence-electron chi connectivity index (χ3n) is 4.97. The molecule has 0 aliphatic carbocycles. The first-order chi connectivity index (χ1) is 12.2. The summed E-state index contributed by atoms with van der Waals surface area (Å²) in [7, 11) is 0. The zero-order chi connectivity index (χ0) is 17.6. The largest absolute Gasteiger partial charge is 0.378 e. The van der Waals surface area contributed by atoms with E-state index in [1.54, 1.807) is 11.8 Å². The van der Waals surface area contributed by atoms with Gasteiger partial charge in [0.1, 0.15) is 0 Å². The molecule has 1 aromatic carbocycles. The van der Waals surface area contributed by atoms with Crippen molar-refractivity contribution in [2.45, 2.75) is 17.7 Å². The Labute approximate surface area is 153 Å². The number of ether oxygens (including phenoxy) is 1. The van der Waals surface area contributed by atoms with E-state index < -0.39 is 0 Å². The molecule has 0 spiro atoms. The van der Waals surface area contributed by atoms with Crippen LogP contribution in [0.15, 0.2) is 29.2 Å². The van der Waals surface area contributed by atoms with Crippen LogP contribution in [0.4, 0.5) is 0 Å². The normalized spacial score (nSPS) is 22.0. The lowest BCUT2D eigenvalue weighted by molar-refractivity contribution is -0.136. The number of morpholine rings is 1. The van der Waals surface area contributed by atoms with Gasteiger partial charge >= 0.3 is 0 Å². The van der Waals surface area contributed by atoms with Crippen LogP contribution in [0.3, 0.4) is 0 Å². The first-order valence-electron chi connectivity index (χ1n) is 8.94. The molecule has 3 rings (SSSR count). The summed E-state index contributed by atoms with van der Waals surface area (Å²) >= 11 is 1.61. The lowest BCUT2D eigenvalue weighted by Crippen LogP contribution is -2.48. The van der Waals surface area contributed by atoms with Crippen molar-refractivity contribution in [2.24, 2.45) is 5.92 Å². The zero-order valence-corrected chi connectivity index (χ0v) is 15.6. The van der Waals surface area contributed by atoms with E-state index in [-0.39, 0.29) is 17.6 Å². The quantitative estimate of drug-likeness (QED) is 0.593. The minimum absolute atomic E-state index is 0.0143. The molecular formula is C19H26N2O3S. The fraction of sp³-hybridized carbons (Fsp3) is 0.579. The van der Waals surface area contributed by atoms with Gasteiger partial charge in [-0.3, -0.25) is 14.5 Å². The maximum Gasteiger partial charge on any atom is 0.236 e. The summed E-state index contributed by atoms with van der Waals surface area (Å²) < 4.78 is 5.31. The summed E-state index contributed by atoms with van der Waals surface area (Å²) in [6.45, 7) is 4.58. The molecule has 2 aliphatic rings. The molecule has 1 atom stereocenters. The van der Waals surface area contributed by atoms with Gasteiger partial charge in [-0.1, -0.05) is 18.2 Å². The van der Waals surface area contributed by atoms with Crippen molar-refractivity contribution >= 4 is 23.5 Å². The Balaban J connectivity index is 1.60. The predicted molar refractivity (Wildman–Crippen MR) is 99.1 cm³/mol. The number of nitrogens with zero attached hydrogens (tertiary/aromatic N) is 2. The lowest BCUT2D eigenvalue weighted by atomic mass is 9.90. The number of piperidine rings is 1. The Bertz CT molecular complexity index is 616. The van der Waals surface area contributed by atoms with Gasteiger partial charge in [0.25, 0.3) is 0 Å². The van der Waals surface area contributed by atoms with Crippen molar-refractivity contribution in [1.29, 1.82) is 0 Å². The summed E-state index contributed by atoms with van der Waals surface area (Å²) in [5.41, 5.74) is 0.821. The highest BCUT2D eigenvalue weighted by Crippen LogP contribution is 2.26. The molecule has 5 nitrogen and oxygen atoms in total. The van der Waals surface area contributed by atoms with Crippen molar-refractivity contribution in [2.75, 3.05) is 52.2 Å². The highest BCUT2D eigenvalue weighted by Gasteiger charge is 2.29. The van der Waals surface area contributed by atoms with Gasteiger partial charge in [0.05, 0.1) is 19.8 Å². The summed E-state index contributed by atoms with van der Waals surface area (Å²) in [6.07, 6.45) is 3.87. The number of carbonyl (C=O) groups is 2. The highest BCUT2D eigenvalue weighted by molar-refractivity contribution is 7.98. The van der Waals surface area contributed by atoms with Gasteiger partial charge in [-0.15, -0.1) is 11.8 Å². The molecule has 1 aromatic rings. The Kier molecular flexibility index (Phi) is 6.51. The van der Waals surface area contributed by atoms with Crippen LogP contribution in [-0.4, -0.2) is 73.7 Å². The monoisotopic (exact) mass is 362 g/mol. The number of ketones is 1. The van der Waals surface area contributed by atoms with E-state index in [0.717, 1.165) is 29.8 Å². The fourth-order valence-electron chi connectivity index (χ4n) is 3.59. The van der Waals surface area contributed by atoms with Crippen LogP contribution < -0.4 is 0 Å². The van der Waals surface area contributed by atoms with Crippen LogP contribution in [0.5, 0.6) is 0 Å². The van der Waals surface area contributed by atoms with Crippen LogP contribution >= 0.6 is 11.8 Å². The number of Topliss-reactive ketones (excluding diaryl/α,β-unsaturated/α-hetero) is 1. The van der Waals surface area contributed by atoms with Crippen molar-refractivity contribution < 1.29 is 14.3 Å². The number of likely N-dealkylation sites (tertiary alicyclic amines) is 1. The molecule has 6 heteroatoms. The fourth-order valence-corrected chi connectivity index (χ4v) is 4.19. The van der Waals surface area contributed by atoms with Crippen molar-refractivity contribution in [3.63, 3.8) is 0 Å². The van der Waals surface area contributed by atoms with E-state index >= 15 is 0 Å². The van der Waals surface area contributed by atoms with Gasteiger partial charge in [0.2, 0.25) is 5.91 Å². The van der Waals surface area contributed by atoms with Crippen LogP contribution in [0.1, 0.15) is 23.2 Å². The number of thioether (sulfide) groups is 1. The van der Waals surface area contributed by atoms with Gasteiger partial charge < -0.3 is 9.64 Å². The first-order valence-corrected chi connectivity index (χ1v) is 10.2.